The van der Waals surface area contributed by atoms with Crippen LogP contribution in [0.3, 0.4) is 0 Å². The number of ether oxygens (including phenoxy) is 3. The van der Waals surface area contributed by atoms with Crippen molar-refractivity contribution in [2.45, 2.75) is 44.4 Å². The number of hydrogen-bond donors (Lipinski definition) is 0. The second-order valence-corrected chi connectivity index (χ2v) is 14.6. The highest BCUT2D eigenvalue weighted by atomic mass is 28.4. The highest BCUT2D eigenvalue weighted by Crippen LogP contribution is 2.40. The maximum Gasteiger partial charge on any atom is 0.319 e. The first-order chi connectivity index (χ1) is 17.8. The van der Waals surface area contributed by atoms with Crippen LogP contribution in [0.25, 0.3) is 0 Å². The lowest BCUT2D eigenvalue weighted by molar-refractivity contribution is -0.145. The Bertz CT molecular complexity index is 1150. The molecule has 0 saturated carbocycles. The minimum atomic E-state index is -2.87. The molecule has 5 nitrogen and oxygen atoms in total. The fourth-order valence-electron chi connectivity index (χ4n) is 5.15. The van der Waals surface area contributed by atoms with Gasteiger partial charge in [0, 0.05) is 14.2 Å². The number of carbonyl (C=O) groups excluding carboxylic acids is 1. The van der Waals surface area contributed by atoms with E-state index in [2.05, 4.69) is 69.3 Å². The standard InChI is InChI=1S/C31H36O5Si/c1-31(2,3)37(24-17-11-7-12-18-24,25-19-13-8-14-20-25)36-29-22-27(33-4)26(21-28(29)34-5)30(32)35-23-15-9-6-10-16-23/h6-20,22,26-28H,21H2,1-5H3/t26-,27+,28+/m1/s1. The first kappa shape index (κ1) is 26.9. The van der Waals surface area contributed by atoms with Gasteiger partial charge in [0.05, 0.1) is 12.0 Å². The van der Waals surface area contributed by atoms with Crippen LogP contribution < -0.4 is 15.1 Å². The molecule has 0 saturated heterocycles. The summed E-state index contributed by atoms with van der Waals surface area (Å²) < 4.78 is 24.6. The third-order valence-corrected chi connectivity index (χ3v) is 12.0. The van der Waals surface area contributed by atoms with E-state index < -0.39 is 26.4 Å². The van der Waals surface area contributed by atoms with E-state index in [1.54, 1.807) is 26.4 Å². The maximum atomic E-state index is 13.2. The van der Waals surface area contributed by atoms with E-state index in [9.17, 15) is 4.79 Å². The van der Waals surface area contributed by atoms with Crippen LogP contribution in [0.4, 0.5) is 0 Å². The fourth-order valence-corrected chi connectivity index (χ4v) is 9.63. The largest absolute Gasteiger partial charge is 0.535 e. The van der Waals surface area contributed by atoms with Crippen LogP contribution in [0.1, 0.15) is 27.2 Å². The van der Waals surface area contributed by atoms with Crippen molar-refractivity contribution in [3.63, 3.8) is 0 Å². The van der Waals surface area contributed by atoms with E-state index >= 15 is 0 Å². The normalized spacial score (nSPS) is 20.1. The van der Waals surface area contributed by atoms with Crippen LogP contribution in [-0.2, 0) is 18.7 Å². The van der Waals surface area contributed by atoms with Gasteiger partial charge in [0.25, 0.3) is 0 Å². The topological polar surface area (TPSA) is 54.0 Å². The summed E-state index contributed by atoms with van der Waals surface area (Å²) in [7, 11) is 0.394. The zero-order valence-electron chi connectivity index (χ0n) is 22.2. The molecule has 3 aromatic carbocycles. The Morgan fingerprint density at radius 2 is 1.30 bits per heavy atom. The lowest BCUT2D eigenvalue weighted by Crippen LogP contribution is -2.67. The third kappa shape index (κ3) is 5.56. The summed E-state index contributed by atoms with van der Waals surface area (Å²) in [5, 5.41) is 2.13. The molecular formula is C31H36O5Si. The summed E-state index contributed by atoms with van der Waals surface area (Å²) >= 11 is 0. The molecule has 0 amide bonds. The van der Waals surface area contributed by atoms with Gasteiger partial charge in [0.15, 0.2) is 0 Å². The van der Waals surface area contributed by atoms with Gasteiger partial charge in [-0.25, -0.2) is 0 Å². The highest BCUT2D eigenvalue weighted by Gasteiger charge is 2.53. The van der Waals surface area contributed by atoms with Crippen molar-refractivity contribution in [2.24, 2.45) is 5.92 Å². The molecule has 0 N–H and O–H groups in total. The van der Waals surface area contributed by atoms with Crippen molar-refractivity contribution >= 4 is 24.7 Å². The van der Waals surface area contributed by atoms with Gasteiger partial charge in [-0.05, 0) is 40.0 Å². The van der Waals surface area contributed by atoms with Crippen molar-refractivity contribution in [1.82, 2.24) is 0 Å². The Kier molecular flexibility index (Phi) is 8.32. The summed E-state index contributed by atoms with van der Waals surface area (Å²) in [5.74, 6) is 0.338. The molecule has 1 aliphatic carbocycles. The first-order valence-electron chi connectivity index (χ1n) is 12.6. The number of benzene rings is 3. The molecule has 37 heavy (non-hydrogen) atoms. The Hall–Kier alpha value is -3.19. The van der Waals surface area contributed by atoms with E-state index in [1.807, 2.05) is 36.4 Å². The smallest absolute Gasteiger partial charge is 0.319 e. The minimum Gasteiger partial charge on any atom is -0.535 e. The zero-order valence-corrected chi connectivity index (χ0v) is 23.2. The third-order valence-electron chi connectivity index (χ3n) is 7.02. The van der Waals surface area contributed by atoms with Gasteiger partial charge in [-0.2, -0.15) is 0 Å². The Labute approximate surface area is 221 Å². The molecule has 4 rings (SSSR count). The number of carbonyl (C=O) groups is 1. The van der Waals surface area contributed by atoms with Gasteiger partial charge < -0.3 is 18.6 Å². The Morgan fingerprint density at radius 3 is 1.76 bits per heavy atom. The molecule has 0 bridgehead atoms. The lowest BCUT2D eigenvalue weighted by atomic mass is 9.88. The second kappa shape index (κ2) is 11.5. The van der Waals surface area contributed by atoms with Crippen LogP contribution in [0.15, 0.2) is 103 Å². The molecule has 3 aromatic rings. The van der Waals surface area contributed by atoms with E-state index in [0.29, 0.717) is 17.9 Å². The van der Waals surface area contributed by atoms with Gasteiger partial charge in [-0.3, -0.25) is 4.79 Å². The summed E-state index contributed by atoms with van der Waals surface area (Å²) in [6.07, 6.45) is 1.38. The monoisotopic (exact) mass is 516 g/mol. The van der Waals surface area contributed by atoms with Crippen LogP contribution in [-0.4, -0.2) is 40.7 Å². The van der Waals surface area contributed by atoms with Gasteiger partial charge in [-0.1, -0.05) is 99.6 Å². The van der Waals surface area contributed by atoms with Crippen LogP contribution in [0.2, 0.25) is 5.04 Å². The van der Waals surface area contributed by atoms with Crippen molar-refractivity contribution in [2.75, 3.05) is 14.2 Å². The average Bonchev–Trinajstić information content (AvgIpc) is 2.92. The molecule has 3 atom stereocenters. The molecular weight excluding hydrogens is 480 g/mol. The zero-order chi connectivity index (χ0) is 26.5. The van der Waals surface area contributed by atoms with Crippen molar-refractivity contribution in [1.29, 1.82) is 0 Å². The van der Waals surface area contributed by atoms with Crippen molar-refractivity contribution in [3.8, 4) is 5.75 Å². The SMILES string of the molecule is CO[C@H]1C[C@@H](C(=O)Oc2ccccc2)[C@@H](OC)C=C1O[Si](c1ccccc1)(c1ccccc1)C(C)(C)C. The molecule has 0 aliphatic heterocycles. The van der Waals surface area contributed by atoms with Crippen LogP contribution in [0, 0.1) is 5.92 Å². The lowest BCUT2D eigenvalue weighted by Gasteiger charge is -2.45. The quantitative estimate of drug-likeness (QED) is 0.237. The fraction of sp³-hybridized carbons (Fsp3) is 0.323. The summed E-state index contributed by atoms with van der Waals surface area (Å²) in [6.45, 7) is 6.70. The first-order valence-corrected chi connectivity index (χ1v) is 14.5. The van der Waals surface area contributed by atoms with Gasteiger partial charge in [0.2, 0.25) is 0 Å². The predicted molar refractivity (Wildman–Crippen MR) is 149 cm³/mol. The number of methoxy groups -OCH3 is 2. The molecule has 0 radical (unpaired) electrons. The van der Waals surface area contributed by atoms with Gasteiger partial charge in [0.1, 0.15) is 17.6 Å². The van der Waals surface area contributed by atoms with E-state index in [0.717, 1.165) is 0 Å². The molecule has 0 unspecified atom stereocenters. The van der Waals surface area contributed by atoms with Crippen molar-refractivity contribution in [3.05, 3.63) is 103 Å². The maximum absolute atomic E-state index is 13.2. The Morgan fingerprint density at radius 1 is 0.784 bits per heavy atom. The number of rotatable bonds is 8. The summed E-state index contributed by atoms with van der Waals surface area (Å²) in [6, 6.07) is 30.0. The average molecular weight is 517 g/mol. The molecule has 194 valence electrons. The summed E-state index contributed by atoms with van der Waals surface area (Å²) in [5.41, 5.74) is 0. The summed E-state index contributed by atoms with van der Waals surface area (Å²) in [4.78, 5) is 13.2. The van der Waals surface area contributed by atoms with Crippen molar-refractivity contribution < 1.29 is 23.4 Å². The predicted octanol–water partition coefficient (Wildman–Crippen LogP) is 5.10. The Balaban J connectivity index is 1.76. The number of esters is 1. The van der Waals surface area contributed by atoms with E-state index in [-0.39, 0.29) is 11.0 Å². The molecule has 0 aromatic heterocycles. The molecule has 0 heterocycles. The van der Waals surface area contributed by atoms with Crippen LogP contribution in [0.5, 0.6) is 5.75 Å². The van der Waals surface area contributed by atoms with Gasteiger partial charge in [-0.15, -0.1) is 0 Å². The molecule has 1 aliphatic rings. The molecule has 0 spiro atoms. The second-order valence-electron chi connectivity index (χ2n) is 10.3. The minimum absolute atomic E-state index is 0.208. The van der Waals surface area contributed by atoms with E-state index in [1.165, 1.54) is 10.4 Å². The number of hydrogen-bond acceptors (Lipinski definition) is 5. The van der Waals surface area contributed by atoms with Crippen LogP contribution >= 0.6 is 0 Å². The highest BCUT2D eigenvalue weighted by molar-refractivity contribution is 6.99. The van der Waals surface area contributed by atoms with E-state index in [4.69, 9.17) is 18.6 Å². The van der Waals surface area contributed by atoms with Gasteiger partial charge >= 0.3 is 14.3 Å². The molecule has 0 fully saturated rings. The molecule has 6 heteroatoms. The number of para-hydroxylation sites is 1.